The summed E-state index contributed by atoms with van der Waals surface area (Å²) in [5.74, 6) is -0.711. The van der Waals surface area contributed by atoms with Crippen LogP contribution in [0.2, 0.25) is 0 Å². The third-order valence-corrected chi connectivity index (χ3v) is 0.464. The molecule has 3 heteroatoms. The van der Waals surface area contributed by atoms with E-state index >= 15 is 0 Å². The predicted molar refractivity (Wildman–Crippen MR) is 28.3 cm³/mol. The SMILES string of the molecule is CCCC(=O)O.[Te]. The normalized spacial score (nSPS) is 7.00. The average molecular weight is 216 g/mol. The first-order valence-electron chi connectivity index (χ1n) is 1.99. The maximum Gasteiger partial charge on any atom is 0.303 e. The quantitative estimate of drug-likeness (QED) is 0.681. The molecule has 0 aromatic heterocycles. The fourth-order valence-electron chi connectivity index (χ4n) is 0.214. The molecule has 0 aromatic carbocycles. The number of carboxylic acid groups (broad SMARTS) is 1. The summed E-state index contributed by atoms with van der Waals surface area (Å²) in [5.41, 5.74) is 0. The van der Waals surface area contributed by atoms with E-state index in [2.05, 4.69) is 0 Å². The summed E-state index contributed by atoms with van der Waals surface area (Å²) in [7, 11) is 0. The molecule has 0 rings (SSSR count). The maximum atomic E-state index is 9.60. The molecule has 0 fully saturated rings. The van der Waals surface area contributed by atoms with Crippen LogP contribution < -0.4 is 0 Å². The molecule has 0 unspecified atom stereocenters. The van der Waals surface area contributed by atoms with Crippen molar-refractivity contribution in [2.45, 2.75) is 19.8 Å². The fraction of sp³-hybridized carbons (Fsp3) is 0.750. The molecule has 2 nitrogen and oxygen atoms in total. The molecule has 0 bridgehead atoms. The van der Waals surface area contributed by atoms with Gasteiger partial charge in [0, 0.05) is 30.1 Å². The molecular weight excluding hydrogens is 208 g/mol. The summed E-state index contributed by atoms with van der Waals surface area (Å²) in [6, 6.07) is 0. The zero-order valence-corrected chi connectivity index (χ0v) is 6.51. The van der Waals surface area contributed by atoms with Crippen LogP contribution in [0.15, 0.2) is 0 Å². The van der Waals surface area contributed by atoms with Crippen molar-refractivity contribution < 1.29 is 9.90 Å². The topological polar surface area (TPSA) is 37.3 Å². The Kier molecular flexibility index (Phi) is 9.19. The Morgan fingerprint density at radius 3 is 2.14 bits per heavy atom. The van der Waals surface area contributed by atoms with Crippen LogP contribution in [0.4, 0.5) is 0 Å². The third kappa shape index (κ3) is 10.7. The zero-order valence-electron chi connectivity index (χ0n) is 4.18. The first kappa shape index (κ1) is 10.3. The summed E-state index contributed by atoms with van der Waals surface area (Å²) in [4.78, 5) is 9.60. The minimum absolute atomic E-state index is 0. The Labute approximate surface area is 59.6 Å². The molecule has 0 amide bonds. The minimum Gasteiger partial charge on any atom is -0.481 e. The number of carbonyl (C=O) groups is 1. The molecule has 0 aliphatic rings. The molecule has 7 heavy (non-hydrogen) atoms. The number of hydrogen-bond acceptors (Lipinski definition) is 1. The van der Waals surface area contributed by atoms with Crippen LogP contribution in [0.3, 0.4) is 0 Å². The molecule has 0 aromatic rings. The van der Waals surface area contributed by atoms with Gasteiger partial charge in [-0.25, -0.2) is 0 Å². The number of aliphatic carboxylic acids is 1. The Hall–Kier alpha value is 0.260. The number of hydrogen-bond donors (Lipinski definition) is 1. The van der Waals surface area contributed by atoms with Gasteiger partial charge in [-0.2, -0.15) is 0 Å². The second-order valence-corrected chi connectivity index (χ2v) is 1.14. The second-order valence-electron chi connectivity index (χ2n) is 1.14. The van der Waals surface area contributed by atoms with Crippen molar-refractivity contribution in [2.24, 2.45) is 0 Å². The van der Waals surface area contributed by atoms with Crippen molar-refractivity contribution in [3.63, 3.8) is 0 Å². The van der Waals surface area contributed by atoms with Crippen molar-refractivity contribution >= 4 is 29.6 Å². The van der Waals surface area contributed by atoms with Gasteiger partial charge >= 0.3 is 5.97 Å². The summed E-state index contributed by atoms with van der Waals surface area (Å²) in [6.45, 7) is 1.84. The van der Waals surface area contributed by atoms with Gasteiger partial charge in [-0.1, -0.05) is 6.92 Å². The summed E-state index contributed by atoms with van der Waals surface area (Å²) >= 11 is 0. The van der Waals surface area contributed by atoms with Crippen LogP contribution in [0.1, 0.15) is 19.8 Å². The van der Waals surface area contributed by atoms with Crippen molar-refractivity contribution in [2.75, 3.05) is 0 Å². The Morgan fingerprint density at radius 1 is 1.71 bits per heavy atom. The fourth-order valence-corrected chi connectivity index (χ4v) is 0.214. The van der Waals surface area contributed by atoms with Crippen molar-refractivity contribution in [1.82, 2.24) is 0 Å². The minimum atomic E-state index is -0.711. The van der Waals surface area contributed by atoms with E-state index in [-0.39, 0.29) is 23.7 Å². The number of carboxylic acids is 1. The smallest absolute Gasteiger partial charge is 0.303 e. The number of rotatable bonds is 2. The second kappa shape index (κ2) is 6.26. The average Bonchev–Trinajstić information content (AvgIpc) is 1.35. The van der Waals surface area contributed by atoms with E-state index < -0.39 is 5.97 Å². The van der Waals surface area contributed by atoms with Crippen molar-refractivity contribution in [1.29, 1.82) is 0 Å². The van der Waals surface area contributed by atoms with Gasteiger partial charge in [0.15, 0.2) is 0 Å². The first-order chi connectivity index (χ1) is 2.77. The largest absolute Gasteiger partial charge is 0.481 e. The monoisotopic (exact) mass is 218 g/mol. The van der Waals surface area contributed by atoms with E-state index in [1.165, 1.54) is 0 Å². The molecular formula is C4H8O2Te. The van der Waals surface area contributed by atoms with E-state index in [1.807, 2.05) is 6.92 Å². The zero-order chi connectivity index (χ0) is 4.99. The van der Waals surface area contributed by atoms with Crippen LogP contribution in [-0.4, -0.2) is 34.7 Å². The summed E-state index contributed by atoms with van der Waals surface area (Å²) < 4.78 is 0. The molecule has 0 atom stereocenters. The predicted octanol–water partition coefficient (Wildman–Crippen LogP) is 0.490. The third-order valence-electron chi connectivity index (χ3n) is 0.464. The summed E-state index contributed by atoms with van der Waals surface area (Å²) in [6.07, 6.45) is 1.02. The molecule has 0 saturated heterocycles. The Morgan fingerprint density at radius 2 is 2.14 bits per heavy atom. The summed E-state index contributed by atoms with van der Waals surface area (Å²) in [5, 5.41) is 7.91. The molecule has 0 heterocycles. The van der Waals surface area contributed by atoms with Crippen LogP contribution in [0.5, 0.6) is 0 Å². The van der Waals surface area contributed by atoms with E-state index in [1.54, 1.807) is 0 Å². The maximum absolute atomic E-state index is 9.60. The van der Waals surface area contributed by atoms with Crippen LogP contribution >= 0.6 is 0 Å². The van der Waals surface area contributed by atoms with E-state index in [4.69, 9.17) is 5.11 Å². The van der Waals surface area contributed by atoms with E-state index in [0.717, 1.165) is 6.42 Å². The van der Waals surface area contributed by atoms with Gasteiger partial charge in [0.05, 0.1) is 0 Å². The Balaban J connectivity index is 0. The van der Waals surface area contributed by atoms with E-state index in [0.29, 0.717) is 6.42 Å². The molecule has 2 radical (unpaired) electrons. The van der Waals surface area contributed by atoms with Crippen LogP contribution in [0, 0.1) is 0 Å². The van der Waals surface area contributed by atoms with Gasteiger partial charge in [0.1, 0.15) is 0 Å². The van der Waals surface area contributed by atoms with Crippen molar-refractivity contribution in [3.8, 4) is 0 Å². The molecule has 0 saturated carbocycles. The molecule has 42 valence electrons. The van der Waals surface area contributed by atoms with Crippen LogP contribution in [-0.2, 0) is 4.79 Å². The van der Waals surface area contributed by atoms with Gasteiger partial charge in [0.2, 0.25) is 0 Å². The van der Waals surface area contributed by atoms with E-state index in [9.17, 15) is 4.79 Å². The van der Waals surface area contributed by atoms with Crippen LogP contribution in [0.25, 0.3) is 0 Å². The molecule has 0 spiro atoms. The van der Waals surface area contributed by atoms with Gasteiger partial charge in [-0.3, -0.25) is 4.79 Å². The van der Waals surface area contributed by atoms with Gasteiger partial charge < -0.3 is 5.11 Å². The first-order valence-corrected chi connectivity index (χ1v) is 1.99. The van der Waals surface area contributed by atoms with Gasteiger partial charge in [-0.05, 0) is 6.42 Å². The van der Waals surface area contributed by atoms with Gasteiger partial charge in [0.25, 0.3) is 0 Å². The Bertz CT molecular complexity index is 53.7. The molecule has 0 aliphatic heterocycles. The molecule has 0 aliphatic carbocycles. The van der Waals surface area contributed by atoms with Crippen molar-refractivity contribution in [3.05, 3.63) is 0 Å². The van der Waals surface area contributed by atoms with Gasteiger partial charge in [-0.15, -0.1) is 0 Å². The molecule has 1 N–H and O–H groups in total. The standard InChI is InChI=1S/C4H8O2.Te/c1-2-3-4(5)6;/h2-3H2,1H3,(H,5,6);.